The van der Waals surface area contributed by atoms with Crippen molar-refractivity contribution in [2.24, 2.45) is 16.7 Å². The summed E-state index contributed by atoms with van der Waals surface area (Å²) in [7, 11) is 0. The van der Waals surface area contributed by atoms with Gasteiger partial charge in [-0.25, -0.2) is 0 Å². The van der Waals surface area contributed by atoms with Crippen molar-refractivity contribution in [3.05, 3.63) is 0 Å². The predicted molar refractivity (Wildman–Crippen MR) is 32.1 cm³/mol. The van der Waals surface area contributed by atoms with Crippen molar-refractivity contribution in [2.45, 2.75) is 0 Å². The number of nitrogens with one attached hydrogen (secondary N) is 1. The number of nitrogens with zero attached hydrogens (tertiary/aromatic N) is 2. The molecule has 0 amide bonds. The third-order valence-electron chi connectivity index (χ3n) is 0.340. The van der Waals surface area contributed by atoms with E-state index in [-0.39, 0.29) is 5.96 Å². The van der Waals surface area contributed by atoms with Gasteiger partial charge in [0.15, 0.2) is 5.40 Å². The Bertz CT molecular complexity index is 123. The smallest absolute Gasteiger partial charge is 0.221 e. The van der Waals surface area contributed by atoms with Gasteiger partial charge >= 0.3 is 0 Å². The highest BCUT2D eigenvalue weighted by molar-refractivity contribution is 8.02. The zero-order chi connectivity index (χ0) is 6.41. The Morgan fingerprint density at radius 3 is 2.88 bits per heavy atom. The first-order valence-electron chi connectivity index (χ1n) is 1.65. The number of nitriles is 1. The summed E-state index contributed by atoms with van der Waals surface area (Å²) < 4.78 is 2.34. The number of thiocyanates is 1. The molecule has 5 nitrogen and oxygen atoms in total. The van der Waals surface area contributed by atoms with Gasteiger partial charge in [0.05, 0.1) is 11.9 Å². The summed E-state index contributed by atoms with van der Waals surface area (Å²) in [6.45, 7) is 0. The monoisotopic (exact) mass is 131 g/mol. The lowest BCUT2D eigenvalue weighted by atomic mass is 11.1. The minimum atomic E-state index is 0.0385. The van der Waals surface area contributed by atoms with Crippen LogP contribution < -0.4 is 16.3 Å². The van der Waals surface area contributed by atoms with Crippen molar-refractivity contribution in [1.82, 2.24) is 4.72 Å². The molecule has 0 aromatic rings. The molecule has 0 saturated carbocycles. The Morgan fingerprint density at radius 2 is 2.50 bits per heavy atom. The summed E-state index contributed by atoms with van der Waals surface area (Å²) in [5.41, 5.74) is 5.00. The van der Waals surface area contributed by atoms with Crippen LogP contribution in [0.3, 0.4) is 0 Å². The molecule has 0 atom stereocenters. The third-order valence-corrected chi connectivity index (χ3v) is 0.743. The second-order valence-electron chi connectivity index (χ2n) is 0.810. The maximum atomic E-state index is 7.91. The average molecular weight is 131 g/mol. The van der Waals surface area contributed by atoms with Crippen LogP contribution in [-0.2, 0) is 0 Å². The minimum Gasteiger partial charge on any atom is -0.368 e. The largest absolute Gasteiger partial charge is 0.368 e. The third kappa shape index (κ3) is 3.11. The number of rotatable bonds is 1. The highest BCUT2D eigenvalue weighted by atomic mass is 32.2. The molecule has 8 heavy (non-hydrogen) atoms. The zero-order valence-electron chi connectivity index (χ0n) is 3.96. The number of guanidine groups is 1. The van der Waals surface area contributed by atoms with E-state index in [0.717, 1.165) is 11.9 Å². The molecular weight excluding hydrogens is 126 g/mol. The van der Waals surface area contributed by atoms with Gasteiger partial charge in [-0.15, -0.1) is 5.10 Å². The van der Waals surface area contributed by atoms with Crippen molar-refractivity contribution < 1.29 is 0 Å². The molecule has 44 valence electrons. The van der Waals surface area contributed by atoms with Gasteiger partial charge in [-0.1, -0.05) is 0 Å². The fourth-order valence-corrected chi connectivity index (χ4v) is 0.304. The lowest BCUT2D eigenvalue weighted by molar-refractivity contribution is 1.19. The van der Waals surface area contributed by atoms with E-state index in [1.165, 1.54) is 0 Å². The number of hydrogen-bond acceptors (Lipinski definition) is 4. The van der Waals surface area contributed by atoms with E-state index >= 15 is 0 Å². The van der Waals surface area contributed by atoms with Crippen LogP contribution in [0.25, 0.3) is 0 Å². The van der Waals surface area contributed by atoms with Crippen LogP contribution in [0.2, 0.25) is 0 Å². The van der Waals surface area contributed by atoms with Crippen molar-refractivity contribution in [3.63, 3.8) is 0 Å². The molecule has 0 aliphatic heterocycles. The normalized spacial score (nSPS) is 10.1. The minimum absolute atomic E-state index is 0.0385. The molecule has 0 fully saturated rings. The van der Waals surface area contributed by atoms with Gasteiger partial charge in [0.1, 0.15) is 0 Å². The van der Waals surface area contributed by atoms with Crippen molar-refractivity contribution in [3.8, 4) is 5.40 Å². The molecule has 5 N–H and O–H groups in total. The molecule has 0 radical (unpaired) electrons. The van der Waals surface area contributed by atoms with Gasteiger partial charge in [-0.2, -0.15) is 5.26 Å². The van der Waals surface area contributed by atoms with E-state index in [9.17, 15) is 0 Å². The predicted octanol–water partition coefficient (Wildman–Crippen LogP) is -1.11. The molecule has 0 rings (SSSR count). The van der Waals surface area contributed by atoms with E-state index in [1.807, 2.05) is 0 Å². The number of nitrogens with two attached hydrogens (primary N) is 2. The molecule has 0 aliphatic rings. The van der Waals surface area contributed by atoms with Crippen molar-refractivity contribution >= 4 is 17.9 Å². The molecule has 6 heteroatoms. The summed E-state index contributed by atoms with van der Waals surface area (Å²) in [4.78, 5) is 0. The molecular formula is C2H5N5S. The molecule has 0 heterocycles. The van der Waals surface area contributed by atoms with Crippen molar-refractivity contribution in [1.29, 1.82) is 5.26 Å². The second-order valence-corrected chi connectivity index (χ2v) is 1.40. The summed E-state index contributed by atoms with van der Waals surface area (Å²) in [5, 5.41) is 12.7. The Hall–Kier alpha value is -1.09. The van der Waals surface area contributed by atoms with Crippen LogP contribution in [0.15, 0.2) is 5.10 Å². The van der Waals surface area contributed by atoms with Gasteiger partial charge in [-0.3, -0.25) is 4.72 Å². The van der Waals surface area contributed by atoms with Crippen LogP contribution in [0.5, 0.6) is 0 Å². The van der Waals surface area contributed by atoms with Crippen LogP contribution in [-0.4, -0.2) is 5.96 Å². The standard InChI is InChI=1S/C2H5N5S/c3-1-8-7-2(4)6-5/h5H2,(H3,4,6,7). The molecule has 0 saturated heterocycles. The molecule has 0 aliphatic carbocycles. The lowest BCUT2D eigenvalue weighted by Crippen LogP contribution is -2.26. The SMILES string of the molecule is N#CSNC(N)=NN. The van der Waals surface area contributed by atoms with E-state index in [2.05, 4.69) is 9.82 Å². The number of hydrogen-bond donors (Lipinski definition) is 3. The highest BCUT2D eigenvalue weighted by Gasteiger charge is 1.84. The molecule has 0 bridgehead atoms. The maximum absolute atomic E-state index is 7.91. The fourth-order valence-electron chi connectivity index (χ4n) is 0.101. The van der Waals surface area contributed by atoms with Gasteiger partial charge in [0.25, 0.3) is 0 Å². The van der Waals surface area contributed by atoms with E-state index in [4.69, 9.17) is 16.8 Å². The van der Waals surface area contributed by atoms with Gasteiger partial charge < -0.3 is 11.6 Å². The van der Waals surface area contributed by atoms with Crippen LogP contribution in [0.1, 0.15) is 0 Å². The lowest BCUT2D eigenvalue weighted by Gasteiger charge is -1.92. The summed E-state index contributed by atoms with van der Waals surface area (Å²) in [6.07, 6.45) is 0. The second kappa shape index (κ2) is 4.08. The van der Waals surface area contributed by atoms with Gasteiger partial charge in [0.2, 0.25) is 5.96 Å². The summed E-state index contributed by atoms with van der Waals surface area (Å²) >= 11 is 0.761. The molecule has 0 aromatic heterocycles. The van der Waals surface area contributed by atoms with Crippen LogP contribution in [0.4, 0.5) is 0 Å². The van der Waals surface area contributed by atoms with E-state index in [0.29, 0.717) is 0 Å². The van der Waals surface area contributed by atoms with E-state index < -0.39 is 0 Å². The average Bonchev–Trinajstić information content (AvgIpc) is 1.83. The van der Waals surface area contributed by atoms with Crippen LogP contribution >= 0.6 is 11.9 Å². The Morgan fingerprint density at radius 1 is 1.88 bits per heavy atom. The molecule has 0 unspecified atom stereocenters. The first kappa shape index (κ1) is 6.91. The first-order chi connectivity index (χ1) is 3.81. The van der Waals surface area contributed by atoms with Gasteiger partial charge in [0, 0.05) is 0 Å². The van der Waals surface area contributed by atoms with E-state index in [1.54, 1.807) is 5.40 Å². The molecule has 0 spiro atoms. The first-order valence-corrected chi connectivity index (χ1v) is 2.47. The summed E-state index contributed by atoms with van der Waals surface area (Å²) in [5.74, 6) is 4.73. The maximum Gasteiger partial charge on any atom is 0.221 e. The molecule has 0 aromatic carbocycles. The Kier molecular flexibility index (Phi) is 3.52. The summed E-state index contributed by atoms with van der Waals surface area (Å²) in [6, 6.07) is 0. The van der Waals surface area contributed by atoms with Crippen molar-refractivity contribution in [2.75, 3.05) is 0 Å². The number of hydrazone groups is 1. The zero-order valence-corrected chi connectivity index (χ0v) is 4.77. The Balaban J connectivity index is 3.29. The highest BCUT2D eigenvalue weighted by Crippen LogP contribution is 1.82. The topological polar surface area (TPSA) is 100 Å². The quantitative estimate of drug-likeness (QED) is 0.105. The van der Waals surface area contributed by atoms with Gasteiger partial charge in [-0.05, 0) is 0 Å². The fraction of sp³-hybridized carbons (Fsp3) is 0. The van der Waals surface area contributed by atoms with Crippen LogP contribution in [0, 0.1) is 10.7 Å². The Labute approximate surface area is 50.9 Å².